The van der Waals surface area contributed by atoms with E-state index in [1.54, 1.807) is 17.3 Å². The predicted molar refractivity (Wildman–Crippen MR) is 101 cm³/mol. The average molecular weight is 344 g/mol. The van der Waals surface area contributed by atoms with E-state index in [1.165, 1.54) is 5.56 Å². The predicted octanol–water partition coefficient (Wildman–Crippen LogP) is 3.63. The van der Waals surface area contributed by atoms with Crippen LogP contribution in [0.2, 0.25) is 0 Å². The van der Waals surface area contributed by atoms with Crippen molar-refractivity contribution in [2.24, 2.45) is 0 Å². The number of aryl methyl sites for hydroxylation is 2. The summed E-state index contributed by atoms with van der Waals surface area (Å²) in [5, 5.41) is 0. The number of rotatable bonds is 3. The number of nitrogens with zero attached hydrogens (tertiary/aromatic N) is 4. The van der Waals surface area contributed by atoms with Crippen LogP contribution in [-0.4, -0.2) is 20.9 Å². The third-order valence-electron chi connectivity index (χ3n) is 4.70. The van der Waals surface area contributed by atoms with E-state index in [-0.39, 0.29) is 5.91 Å². The molecule has 130 valence electrons. The molecule has 0 saturated carbocycles. The van der Waals surface area contributed by atoms with Gasteiger partial charge in [-0.2, -0.15) is 0 Å². The average Bonchev–Trinajstić information content (AvgIpc) is 2.65. The number of anilines is 1. The number of aromatic nitrogens is 3. The highest BCUT2D eigenvalue weighted by Gasteiger charge is 2.28. The molecule has 0 bridgehead atoms. The Morgan fingerprint density at radius 3 is 2.62 bits per heavy atom. The van der Waals surface area contributed by atoms with Crippen LogP contribution in [0.4, 0.5) is 5.82 Å². The van der Waals surface area contributed by atoms with Crippen molar-refractivity contribution in [3.8, 4) is 11.4 Å². The lowest BCUT2D eigenvalue weighted by Crippen LogP contribution is -2.36. The van der Waals surface area contributed by atoms with E-state index in [1.807, 2.05) is 31.2 Å². The maximum atomic E-state index is 12.7. The molecule has 0 atom stereocenters. The Hall–Kier alpha value is -3.08. The summed E-state index contributed by atoms with van der Waals surface area (Å²) >= 11 is 0. The van der Waals surface area contributed by atoms with E-state index >= 15 is 0 Å². The van der Waals surface area contributed by atoms with Gasteiger partial charge in [0.25, 0.3) is 0 Å². The lowest BCUT2D eigenvalue weighted by atomic mass is 10.0. The number of amides is 1. The fourth-order valence-electron chi connectivity index (χ4n) is 3.37. The van der Waals surface area contributed by atoms with Gasteiger partial charge in [0.05, 0.1) is 6.54 Å². The summed E-state index contributed by atoms with van der Waals surface area (Å²) in [7, 11) is 0. The van der Waals surface area contributed by atoms with Gasteiger partial charge in [-0.1, -0.05) is 29.8 Å². The minimum Gasteiger partial charge on any atom is -0.292 e. The van der Waals surface area contributed by atoms with Crippen molar-refractivity contribution >= 4 is 11.7 Å². The first-order chi connectivity index (χ1) is 12.6. The number of pyridine rings is 1. The van der Waals surface area contributed by atoms with Gasteiger partial charge in [-0.3, -0.25) is 14.7 Å². The van der Waals surface area contributed by atoms with Gasteiger partial charge in [0, 0.05) is 35.6 Å². The zero-order valence-corrected chi connectivity index (χ0v) is 14.9. The minimum atomic E-state index is 0.109. The molecule has 3 aromatic rings. The second-order valence-corrected chi connectivity index (χ2v) is 6.64. The topological polar surface area (TPSA) is 59.0 Å². The van der Waals surface area contributed by atoms with Gasteiger partial charge in [0.15, 0.2) is 5.82 Å². The normalized spacial score (nSPS) is 13.6. The molecule has 5 heteroatoms. The maximum absolute atomic E-state index is 12.7. The lowest BCUT2D eigenvalue weighted by Gasteiger charge is -2.29. The summed E-state index contributed by atoms with van der Waals surface area (Å²) in [6.07, 6.45) is 4.64. The van der Waals surface area contributed by atoms with Crippen LogP contribution in [-0.2, 0) is 17.8 Å². The zero-order valence-electron chi connectivity index (χ0n) is 14.9. The van der Waals surface area contributed by atoms with E-state index in [2.05, 4.69) is 29.0 Å². The molecular weight excluding hydrogens is 324 g/mol. The first-order valence-electron chi connectivity index (χ1n) is 8.75. The van der Waals surface area contributed by atoms with Gasteiger partial charge in [0.1, 0.15) is 5.82 Å². The summed E-state index contributed by atoms with van der Waals surface area (Å²) < 4.78 is 0. The molecule has 5 nitrogen and oxygen atoms in total. The first kappa shape index (κ1) is 16.4. The molecule has 0 radical (unpaired) electrons. The Labute approximate surface area is 152 Å². The van der Waals surface area contributed by atoms with E-state index in [0.717, 1.165) is 28.2 Å². The van der Waals surface area contributed by atoms with Crippen molar-refractivity contribution in [3.63, 3.8) is 0 Å². The number of carbonyl (C=O) groups excluding carboxylic acids is 1. The lowest BCUT2D eigenvalue weighted by molar-refractivity contribution is -0.119. The summed E-state index contributed by atoms with van der Waals surface area (Å²) in [5.74, 6) is 1.48. The number of benzene rings is 1. The highest BCUT2D eigenvalue weighted by atomic mass is 16.2. The van der Waals surface area contributed by atoms with Crippen LogP contribution in [0.1, 0.15) is 28.8 Å². The van der Waals surface area contributed by atoms with Crippen molar-refractivity contribution in [1.82, 2.24) is 15.0 Å². The Bertz CT molecular complexity index is 969. The molecule has 1 aromatic carbocycles. The standard InChI is InChI=1S/C21H20N4O/c1-14-4-3-5-16(12-14)13-25-19(26)7-6-18-15(2)23-20(24-21(18)25)17-8-10-22-11-9-17/h3-5,8-12H,6-7,13H2,1-2H3. The maximum Gasteiger partial charge on any atom is 0.228 e. The highest BCUT2D eigenvalue weighted by Crippen LogP contribution is 2.31. The van der Waals surface area contributed by atoms with Crippen molar-refractivity contribution in [2.75, 3.05) is 4.90 Å². The fourth-order valence-corrected chi connectivity index (χ4v) is 3.37. The van der Waals surface area contributed by atoms with Crippen LogP contribution in [0.3, 0.4) is 0 Å². The number of hydrogen-bond donors (Lipinski definition) is 0. The molecule has 0 unspecified atom stereocenters. The van der Waals surface area contributed by atoms with Crippen LogP contribution in [0.5, 0.6) is 0 Å². The molecule has 1 aliphatic rings. The number of hydrogen-bond acceptors (Lipinski definition) is 4. The third kappa shape index (κ3) is 3.08. The number of carbonyl (C=O) groups is 1. The summed E-state index contributed by atoms with van der Waals surface area (Å²) in [6, 6.07) is 12.0. The third-order valence-corrected chi connectivity index (χ3v) is 4.70. The van der Waals surface area contributed by atoms with Crippen molar-refractivity contribution < 1.29 is 4.79 Å². The molecule has 26 heavy (non-hydrogen) atoms. The summed E-state index contributed by atoms with van der Waals surface area (Å²) in [5.41, 5.74) is 5.19. The molecule has 2 aromatic heterocycles. The van der Waals surface area contributed by atoms with E-state index < -0.39 is 0 Å². The Morgan fingerprint density at radius 1 is 1.04 bits per heavy atom. The monoisotopic (exact) mass is 344 g/mol. The Balaban J connectivity index is 1.78. The molecule has 0 spiro atoms. The highest BCUT2D eigenvalue weighted by molar-refractivity contribution is 5.95. The van der Waals surface area contributed by atoms with Gasteiger partial charge in [-0.15, -0.1) is 0 Å². The van der Waals surface area contributed by atoms with Gasteiger partial charge in [0.2, 0.25) is 5.91 Å². The smallest absolute Gasteiger partial charge is 0.228 e. The quantitative estimate of drug-likeness (QED) is 0.728. The second-order valence-electron chi connectivity index (χ2n) is 6.64. The SMILES string of the molecule is Cc1cccc(CN2C(=O)CCc3c(C)nc(-c4ccncc4)nc32)c1. The largest absolute Gasteiger partial charge is 0.292 e. The Kier molecular flexibility index (Phi) is 4.21. The molecule has 0 saturated heterocycles. The molecule has 0 fully saturated rings. The molecule has 4 rings (SSSR count). The molecule has 3 heterocycles. The summed E-state index contributed by atoms with van der Waals surface area (Å²) in [4.78, 5) is 27.9. The number of fused-ring (bicyclic) bond motifs is 1. The van der Waals surface area contributed by atoms with Gasteiger partial charge in [-0.05, 0) is 38.0 Å². The molecule has 1 amide bonds. The molecule has 0 N–H and O–H groups in total. The van der Waals surface area contributed by atoms with Crippen LogP contribution in [0.25, 0.3) is 11.4 Å². The summed E-state index contributed by atoms with van der Waals surface area (Å²) in [6.45, 7) is 4.58. The fraction of sp³-hybridized carbons (Fsp3) is 0.238. The van der Waals surface area contributed by atoms with Crippen LogP contribution >= 0.6 is 0 Å². The van der Waals surface area contributed by atoms with E-state index in [9.17, 15) is 4.79 Å². The molecule has 0 aliphatic carbocycles. The zero-order chi connectivity index (χ0) is 18.1. The van der Waals surface area contributed by atoms with Crippen LogP contribution in [0.15, 0.2) is 48.8 Å². The Morgan fingerprint density at radius 2 is 1.85 bits per heavy atom. The van der Waals surface area contributed by atoms with Gasteiger partial charge < -0.3 is 0 Å². The minimum absolute atomic E-state index is 0.109. The van der Waals surface area contributed by atoms with Crippen LogP contribution < -0.4 is 4.90 Å². The van der Waals surface area contributed by atoms with Crippen molar-refractivity contribution in [2.45, 2.75) is 33.2 Å². The molecular formula is C21H20N4O. The van der Waals surface area contributed by atoms with E-state index in [0.29, 0.717) is 25.2 Å². The van der Waals surface area contributed by atoms with Crippen molar-refractivity contribution in [3.05, 3.63) is 71.2 Å². The second kappa shape index (κ2) is 6.67. The first-order valence-corrected chi connectivity index (χ1v) is 8.75. The van der Waals surface area contributed by atoms with E-state index in [4.69, 9.17) is 4.98 Å². The van der Waals surface area contributed by atoms with Gasteiger partial charge >= 0.3 is 0 Å². The molecule has 1 aliphatic heterocycles. The van der Waals surface area contributed by atoms with Crippen LogP contribution in [0, 0.1) is 13.8 Å². The van der Waals surface area contributed by atoms with Crippen molar-refractivity contribution in [1.29, 1.82) is 0 Å². The van der Waals surface area contributed by atoms with Gasteiger partial charge in [-0.25, -0.2) is 9.97 Å².